The molecule has 8 bridgehead atoms. The van der Waals surface area contributed by atoms with Crippen molar-refractivity contribution < 1.29 is 9.59 Å². The molecule has 0 unspecified atom stereocenters. The van der Waals surface area contributed by atoms with E-state index in [1.807, 2.05) is 9.80 Å². The molecule has 1 saturated heterocycles. The highest BCUT2D eigenvalue weighted by Gasteiger charge is 2.58. The minimum Gasteiger partial charge on any atom is -0.325 e. The summed E-state index contributed by atoms with van der Waals surface area (Å²) in [5.74, 6) is 5.25. The molecule has 8 aliphatic carbocycles. The highest BCUT2D eigenvalue weighted by molar-refractivity contribution is 5.86. The average Bonchev–Trinajstić information content (AvgIpc) is 2.70. The fourth-order valence-corrected chi connectivity index (χ4v) is 10.7. The number of rotatable bonds is 2. The summed E-state index contributed by atoms with van der Waals surface area (Å²) in [5.41, 5.74) is 6.21. The van der Waals surface area contributed by atoms with Gasteiger partial charge in [0.1, 0.15) is 0 Å². The summed E-state index contributed by atoms with van der Waals surface area (Å²) in [6, 6.07) is -0.107. The Hall–Kier alpha value is -1.10. The molecule has 2 amide bonds. The van der Waals surface area contributed by atoms with Crippen LogP contribution in [0.2, 0.25) is 0 Å². The Morgan fingerprint density at radius 3 is 1.16 bits per heavy atom. The van der Waals surface area contributed by atoms with Crippen molar-refractivity contribution in [2.75, 3.05) is 19.8 Å². The minimum atomic E-state index is -0.138. The standard InChI is InChI=1S/C26H39N3O2/c27-22-13-28(23(30)25-7-16-1-17(8-25)3-18(2-16)9-25)15-29(14-22)24(31)26-10-19-4-20(11-26)6-21(5-19)12-26/h16-22H,1-15,27H2. The second kappa shape index (κ2) is 6.48. The lowest BCUT2D eigenvalue weighted by molar-refractivity contribution is -0.171. The molecule has 5 nitrogen and oxygen atoms in total. The first-order valence-electron chi connectivity index (χ1n) is 13.2. The minimum absolute atomic E-state index is 0.107. The van der Waals surface area contributed by atoms with E-state index < -0.39 is 0 Å². The fourth-order valence-electron chi connectivity index (χ4n) is 10.7. The van der Waals surface area contributed by atoms with Crippen LogP contribution in [-0.2, 0) is 9.59 Å². The SMILES string of the molecule is NC1CN(C(=O)C23CC4CC(CC(C4)C2)C3)CN(C(=O)C23CC4CC(CC(C4)C2)C3)C1. The van der Waals surface area contributed by atoms with Gasteiger partial charge in [0.15, 0.2) is 0 Å². The molecule has 0 aromatic rings. The van der Waals surface area contributed by atoms with Crippen molar-refractivity contribution in [2.24, 2.45) is 52.1 Å². The van der Waals surface area contributed by atoms with Gasteiger partial charge in [-0.2, -0.15) is 0 Å². The van der Waals surface area contributed by atoms with Crippen molar-refractivity contribution in [1.29, 1.82) is 0 Å². The lowest BCUT2D eigenvalue weighted by Gasteiger charge is -2.58. The Bertz CT molecular complexity index is 672. The average molecular weight is 426 g/mol. The Labute approximate surface area is 186 Å². The van der Waals surface area contributed by atoms with Crippen LogP contribution in [0, 0.1) is 46.3 Å². The molecule has 0 aromatic carbocycles. The van der Waals surface area contributed by atoms with E-state index in [-0.39, 0.29) is 16.9 Å². The number of amides is 2. The maximum atomic E-state index is 13.9. The molecule has 170 valence electrons. The molecule has 8 saturated carbocycles. The number of nitrogens with two attached hydrogens (primary N) is 1. The molecule has 0 aromatic heterocycles. The van der Waals surface area contributed by atoms with Gasteiger partial charge in [-0.25, -0.2) is 0 Å². The van der Waals surface area contributed by atoms with Gasteiger partial charge in [-0.3, -0.25) is 9.59 Å². The number of carbonyl (C=O) groups excluding carboxylic acids is 2. The Kier molecular flexibility index (Phi) is 4.05. The van der Waals surface area contributed by atoms with Gasteiger partial charge in [0.05, 0.1) is 17.5 Å². The van der Waals surface area contributed by atoms with Crippen LogP contribution < -0.4 is 5.73 Å². The van der Waals surface area contributed by atoms with Gasteiger partial charge in [0.25, 0.3) is 0 Å². The van der Waals surface area contributed by atoms with Crippen LogP contribution in [0.25, 0.3) is 0 Å². The van der Waals surface area contributed by atoms with Crippen LogP contribution in [0.3, 0.4) is 0 Å². The van der Waals surface area contributed by atoms with Gasteiger partial charge in [-0.05, 0) is 113 Å². The highest BCUT2D eigenvalue weighted by Crippen LogP contribution is 2.62. The van der Waals surface area contributed by atoms with Gasteiger partial charge in [0, 0.05) is 19.1 Å². The van der Waals surface area contributed by atoms with Crippen molar-refractivity contribution in [3.63, 3.8) is 0 Å². The monoisotopic (exact) mass is 425 g/mol. The summed E-state index contributed by atoms with van der Waals surface area (Å²) in [5, 5.41) is 0. The number of hydrogen-bond acceptors (Lipinski definition) is 3. The highest BCUT2D eigenvalue weighted by atomic mass is 16.2. The van der Waals surface area contributed by atoms with Crippen LogP contribution in [0.15, 0.2) is 0 Å². The zero-order chi connectivity index (χ0) is 21.0. The third-order valence-electron chi connectivity index (χ3n) is 10.8. The summed E-state index contributed by atoms with van der Waals surface area (Å²) >= 11 is 0. The third kappa shape index (κ3) is 2.90. The molecule has 1 heterocycles. The molecule has 0 atom stereocenters. The topological polar surface area (TPSA) is 66.6 Å². The van der Waals surface area contributed by atoms with E-state index in [2.05, 4.69) is 0 Å². The van der Waals surface area contributed by atoms with E-state index in [0.717, 1.165) is 74.0 Å². The molecule has 9 fully saturated rings. The zero-order valence-electron chi connectivity index (χ0n) is 18.9. The first-order valence-corrected chi connectivity index (χ1v) is 13.2. The van der Waals surface area contributed by atoms with Crippen LogP contribution >= 0.6 is 0 Å². The van der Waals surface area contributed by atoms with Crippen LogP contribution in [0.1, 0.15) is 77.0 Å². The summed E-state index contributed by atoms with van der Waals surface area (Å²) in [6.45, 7) is 1.76. The van der Waals surface area contributed by atoms with Crippen molar-refractivity contribution in [1.82, 2.24) is 9.80 Å². The molecule has 9 rings (SSSR count). The Morgan fingerprint density at radius 1 is 0.581 bits per heavy atom. The first-order chi connectivity index (χ1) is 14.9. The maximum absolute atomic E-state index is 13.9. The maximum Gasteiger partial charge on any atom is 0.230 e. The largest absolute Gasteiger partial charge is 0.325 e. The first kappa shape index (κ1) is 19.4. The smallest absolute Gasteiger partial charge is 0.230 e. The second-order valence-corrected chi connectivity index (χ2v) is 13.4. The predicted octanol–water partition coefficient (Wildman–Crippen LogP) is 3.37. The molecule has 9 aliphatic rings. The van der Waals surface area contributed by atoms with Crippen molar-refractivity contribution >= 4 is 11.8 Å². The van der Waals surface area contributed by atoms with E-state index in [1.54, 1.807) is 0 Å². The number of nitrogens with zero attached hydrogens (tertiary/aromatic N) is 2. The summed E-state index contributed by atoms with van der Waals surface area (Å²) in [7, 11) is 0. The van der Waals surface area contributed by atoms with E-state index in [4.69, 9.17) is 5.73 Å². The van der Waals surface area contributed by atoms with E-state index in [9.17, 15) is 9.59 Å². The predicted molar refractivity (Wildman–Crippen MR) is 117 cm³/mol. The van der Waals surface area contributed by atoms with Crippen molar-refractivity contribution in [2.45, 2.75) is 83.1 Å². The Balaban J connectivity index is 1.12. The zero-order valence-corrected chi connectivity index (χ0v) is 18.9. The number of carbonyl (C=O) groups is 2. The lowest BCUT2D eigenvalue weighted by Crippen LogP contribution is -2.65. The molecule has 1 aliphatic heterocycles. The molecule has 0 spiro atoms. The van der Waals surface area contributed by atoms with Crippen LogP contribution in [0.4, 0.5) is 0 Å². The van der Waals surface area contributed by atoms with Crippen LogP contribution in [0.5, 0.6) is 0 Å². The summed E-state index contributed by atoms with van der Waals surface area (Å²) in [6.07, 6.45) is 14.6. The molecule has 31 heavy (non-hydrogen) atoms. The van der Waals surface area contributed by atoms with Gasteiger partial charge in [0.2, 0.25) is 11.8 Å². The van der Waals surface area contributed by atoms with Gasteiger partial charge in [-0.1, -0.05) is 0 Å². The van der Waals surface area contributed by atoms with E-state index in [1.165, 1.54) is 38.5 Å². The summed E-state index contributed by atoms with van der Waals surface area (Å²) < 4.78 is 0. The van der Waals surface area contributed by atoms with Crippen molar-refractivity contribution in [3.05, 3.63) is 0 Å². The third-order valence-corrected chi connectivity index (χ3v) is 10.8. The molecule has 2 N–H and O–H groups in total. The van der Waals surface area contributed by atoms with E-state index >= 15 is 0 Å². The number of hydrogen-bond donors (Lipinski definition) is 1. The quantitative estimate of drug-likeness (QED) is 0.738. The second-order valence-electron chi connectivity index (χ2n) is 13.4. The molecule has 0 radical (unpaired) electrons. The Morgan fingerprint density at radius 2 is 0.871 bits per heavy atom. The molecule has 5 heteroatoms. The lowest BCUT2D eigenvalue weighted by atomic mass is 9.49. The molecular formula is C26H39N3O2. The van der Waals surface area contributed by atoms with Gasteiger partial charge in [-0.15, -0.1) is 0 Å². The van der Waals surface area contributed by atoms with Crippen molar-refractivity contribution in [3.8, 4) is 0 Å². The van der Waals surface area contributed by atoms with Gasteiger partial charge >= 0.3 is 0 Å². The molecular weight excluding hydrogens is 386 g/mol. The van der Waals surface area contributed by atoms with Crippen LogP contribution in [-0.4, -0.2) is 47.4 Å². The summed E-state index contributed by atoms with van der Waals surface area (Å²) in [4.78, 5) is 31.9. The fraction of sp³-hybridized carbons (Fsp3) is 0.923. The van der Waals surface area contributed by atoms with Gasteiger partial charge < -0.3 is 15.5 Å². The van der Waals surface area contributed by atoms with E-state index in [0.29, 0.717) is 31.6 Å². The normalized spacial score (nSPS) is 52.1.